The van der Waals surface area contributed by atoms with E-state index >= 15 is 0 Å². The van der Waals surface area contributed by atoms with E-state index < -0.39 is 0 Å². The molecule has 0 unspecified atom stereocenters. The highest BCUT2D eigenvalue weighted by atomic mass is 32.1. The van der Waals surface area contributed by atoms with E-state index in [1.54, 1.807) is 29.3 Å². The number of allylic oxidation sites excluding steroid dienone is 1. The molecule has 0 aliphatic carbocycles. The van der Waals surface area contributed by atoms with E-state index in [4.69, 9.17) is 0 Å². The number of fused-ring (bicyclic) bond motifs is 1. The molecule has 0 radical (unpaired) electrons. The minimum Gasteiger partial charge on any atom is -0.312 e. The van der Waals surface area contributed by atoms with Gasteiger partial charge in [0.1, 0.15) is 5.69 Å². The first kappa shape index (κ1) is 18.3. The van der Waals surface area contributed by atoms with Crippen molar-refractivity contribution in [2.45, 2.75) is 39.7 Å². The highest BCUT2D eigenvalue weighted by Crippen LogP contribution is 2.21. The lowest BCUT2D eigenvalue weighted by Gasteiger charge is -2.03. The van der Waals surface area contributed by atoms with Crippen molar-refractivity contribution in [3.8, 4) is 0 Å². The Morgan fingerprint density at radius 3 is 2.88 bits per heavy atom. The molecule has 3 rings (SSSR count). The standard InChI is InChI=1S/C20H24N4OS/c1-5-7-8-15-9-10-16-17(12-15)26-20(24(16)11-6-2)22-19(25)18-14(3)13-21-23(18)4/h6,9-10,12-13H,2,5,7-8,11H2,1,3-4H3. The fourth-order valence-electron chi connectivity index (χ4n) is 3.04. The average Bonchev–Trinajstić information content (AvgIpc) is 3.13. The molecule has 0 bridgehead atoms. The van der Waals surface area contributed by atoms with Gasteiger partial charge in [0, 0.05) is 19.2 Å². The summed E-state index contributed by atoms with van der Waals surface area (Å²) in [5, 5.41) is 4.14. The van der Waals surface area contributed by atoms with E-state index in [9.17, 15) is 4.79 Å². The van der Waals surface area contributed by atoms with E-state index in [-0.39, 0.29) is 5.91 Å². The molecule has 2 heterocycles. The van der Waals surface area contributed by atoms with Crippen LogP contribution in [-0.2, 0) is 20.0 Å². The monoisotopic (exact) mass is 368 g/mol. The number of nitrogens with zero attached hydrogens (tertiary/aromatic N) is 4. The lowest BCUT2D eigenvalue weighted by Crippen LogP contribution is -2.17. The molecule has 0 saturated carbocycles. The number of thiazole rings is 1. The highest BCUT2D eigenvalue weighted by molar-refractivity contribution is 7.16. The lowest BCUT2D eigenvalue weighted by molar-refractivity contribution is 0.0988. The lowest BCUT2D eigenvalue weighted by atomic mass is 10.1. The average molecular weight is 369 g/mol. The van der Waals surface area contributed by atoms with E-state index in [0.29, 0.717) is 17.0 Å². The van der Waals surface area contributed by atoms with Crippen LogP contribution in [0.15, 0.2) is 42.0 Å². The summed E-state index contributed by atoms with van der Waals surface area (Å²) < 4.78 is 4.77. The van der Waals surface area contributed by atoms with Crippen molar-refractivity contribution in [3.05, 3.63) is 58.7 Å². The van der Waals surface area contributed by atoms with Gasteiger partial charge in [-0.05, 0) is 37.5 Å². The van der Waals surface area contributed by atoms with E-state index in [0.717, 1.165) is 22.2 Å². The first-order valence-electron chi connectivity index (χ1n) is 8.86. The van der Waals surface area contributed by atoms with Gasteiger partial charge in [0.05, 0.1) is 16.4 Å². The van der Waals surface area contributed by atoms with Gasteiger partial charge in [0.15, 0.2) is 4.80 Å². The zero-order valence-electron chi connectivity index (χ0n) is 15.5. The van der Waals surface area contributed by atoms with Crippen LogP contribution >= 0.6 is 11.3 Å². The zero-order valence-corrected chi connectivity index (χ0v) is 16.3. The molecule has 0 N–H and O–H groups in total. The number of amides is 1. The van der Waals surface area contributed by atoms with Crippen LogP contribution in [0.4, 0.5) is 0 Å². The molecule has 26 heavy (non-hydrogen) atoms. The highest BCUT2D eigenvalue weighted by Gasteiger charge is 2.14. The summed E-state index contributed by atoms with van der Waals surface area (Å²) >= 11 is 1.55. The molecule has 5 nitrogen and oxygen atoms in total. The van der Waals surface area contributed by atoms with Crippen LogP contribution in [0.3, 0.4) is 0 Å². The molecule has 6 heteroatoms. The summed E-state index contributed by atoms with van der Waals surface area (Å²) in [6, 6.07) is 6.51. The van der Waals surface area contributed by atoms with Crippen LogP contribution in [0.25, 0.3) is 10.2 Å². The molecular weight excluding hydrogens is 344 g/mol. The number of aryl methyl sites for hydroxylation is 3. The SMILES string of the molecule is C=CCn1c(=NC(=O)c2c(C)cnn2C)sc2cc(CCCC)ccc21. The Morgan fingerprint density at radius 2 is 2.23 bits per heavy atom. The number of unbranched alkanes of at least 4 members (excludes halogenated alkanes) is 1. The van der Waals surface area contributed by atoms with Crippen LogP contribution in [0.2, 0.25) is 0 Å². The Hall–Kier alpha value is -2.47. The molecule has 0 fully saturated rings. The maximum atomic E-state index is 12.7. The van der Waals surface area contributed by atoms with Crippen molar-refractivity contribution in [2.75, 3.05) is 0 Å². The largest absolute Gasteiger partial charge is 0.312 e. The summed E-state index contributed by atoms with van der Waals surface area (Å²) in [5.74, 6) is -0.266. The van der Waals surface area contributed by atoms with Crippen LogP contribution in [-0.4, -0.2) is 20.3 Å². The summed E-state index contributed by atoms with van der Waals surface area (Å²) in [6.07, 6.45) is 6.95. The molecule has 2 aromatic heterocycles. The first-order chi connectivity index (χ1) is 12.5. The second-order valence-corrected chi connectivity index (χ2v) is 7.42. The number of hydrogen-bond donors (Lipinski definition) is 0. The summed E-state index contributed by atoms with van der Waals surface area (Å²) in [7, 11) is 1.76. The molecule has 3 aromatic rings. The number of carbonyl (C=O) groups is 1. The van der Waals surface area contributed by atoms with Gasteiger partial charge < -0.3 is 4.57 Å². The van der Waals surface area contributed by atoms with Gasteiger partial charge in [-0.15, -0.1) is 6.58 Å². The molecule has 1 amide bonds. The second kappa shape index (κ2) is 7.83. The van der Waals surface area contributed by atoms with Crippen molar-refractivity contribution >= 4 is 27.5 Å². The number of aromatic nitrogens is 3. The maximum absolute atomic E-state index is 12.7. The van der Waals surface area contributed by atoms with E-state index in [1.165, 1.54) is 18.4 Å². The third-order valence-electron chi connectivity index (χ3n) is 4.40. The van der Waals surface area contributed by atoms with Gasteiger partial charge in [0.25, 0.3) is 5.91 Å². The van der Waals surface area contributed by atoms with Crippen molar-refractivity contribution in [3.63, 3.8) is 0 Å². The Kier molecular flexibility index (Phi) is 5.52. The topological polar surface area (TPSA) is 52.2 Å². The molecule has 1 aromatic carbocycles. The van der Waals surface area contributed by atoms with Crippen molar-refractivity contribution in [2.24, 2.45) is 12.0 Å². The van der Waals surface area contributed by atoms with Crippen LogP contribution in [0.5, 0.6) is 0 Å². The molecule has 0 spiro atoms. The predicted molar refractivity (Wildman–Crippen MR) is 106 cm³/mol. The van der Waals surface area contributed by atoms with Gasteiger partial charge >= 0.3 is 0 Å². The third-order valence-corrected chi connectivity index (χ3v) is 5.44. The number of carbonyl (C=O) groups excluding carboxylic acids is 1. The zero-order chi connectivity index (χ0) is 18.7. The normalized spacial score (nSPS) is 12.0. The smallest absolute Gasteiger partial charge is 0.298 e. The van der Waals surface area contributed by atoms with Crippen LogP contribution in [0, 0.1) is 6.92 Å². The summed E-state index contributed by atoms with van der Waals surface area (Å²) in [5.41, 5.74) is 3.77. The van der Waals surface area contributed by atoms with Gasteiger partial charge in [-0.1, -0.05) is 36.8 Å². The number of rotatable bonds is 6. The Labute approximate surface area is 157 Å². The predicted octanol–water partition coefficient (Wildman–Crippen LogP) is 4.01. The molecule has 0 saturated heterocycles. The number of benzene rings is 1. The van der Waals surface area contributed by atoms with Gasteiger partial charge in [0.2, 0.25) is 0 Å². The summed E-state index contributed by atoms with van der Waals surface area (Å²) in [4.78, 5) is 17.8. The van der Waals surface area contributed by atoms with Gasteiger partial charge in [-0.2, -0.15) is 10.1 Å². The van der Waals surface area contributed by atoms with E-state index in [1.807, 2.05) is 17.6 Å². The Bertz CT molecular complexity index is 1000. The molecule has 136 valence electrons. The first-order valence-corrected chi connectivity index (χ1v) is 9.67. The number of hydrogen-bond acceptors (Lipinski definition) is 3. The van der Waals surface area contributed by atoms with Crippen LogP contribution in [0.1, 0.15) is 41.4 Å². The molecule has 0 atom stereocenters. The fraction of sp³-hybridized carbons (Fsp3) is 0.350. The molecule has 0 aliphatic rings. The fourth-order valence-corrected chi connectivity index (χ4v) is 4.14. The minimum absolute atomic E-state index is 0.266. The van der Waals surface area contributed by atoms with Crippen molar-refractivity contribution in [1.29, 1.82) is 0 Å². The quantitative estimate of drug-likeness (QED) is 0.617. The van der Waals surface area contributed by atoms with E-state index in [2.05, 4.69) is 41.8 Å². The Balaban J connectivity index is 2.10. The Morgan fingerprint density at radius 1 is 1.42 bits per heavy atom. The van der Waals surface area contributed by atoms with Crippen LogP contribution < -0.4 is 4.80 Å². The maximum Gasteiger partial charge on any atom is 0.298 e. The minimum atomic E-state index is -0.266. The second-order valence-electron chi connectivity index (χ2n) is 6.41. The third kappa shape index (κ3) is 3.55. The van der Waals surface area contributed by atoms with Crippen molar-refractivity contribution < 1.29 is 4.79 Å². The van der Waals surface area contributed by atoms with Gasteiger partial charge in [-0.25, -0.2) is 0 Å². The van der Waals surface area contributed by atoms with Crippen molar-refractivity contribution in [1.82, 2.24) is 14.3 Å². The van der Waals surface area contributed by atoms with Gasteiger partial charge in [-0.3, -0.25) is 9.48 Å². The molecule has 0 aliphatic heterocycles. The summed E-state index contributed by atoms with van der Waals surface area (Å²) in [6.45, 7) is 8.53. The molecular formula is C20H24N4OS.